The Morgan fingerprint density at radius 1 is 1.20 bits per heavy atom. The first-order chi connectivity index (χ1) is 14.6. The van der Waals surface area contributed by atoms with Crippen LogP contribution in [-0.2, 0) is 28.2 Å². The van der Waals surface area contributed by atoms with E-state index < -0.39 is 0 Å². The molecule has 0 unspecified atom stereocenters. The van der Waals surface area contributed by atoms with Crippen LogP contribution in [0.2, 0.25) is 0 Å². The van der Waals surface area contributed by atoms with Gasteiger partial charge in [0.15, 0.2) is 0 Å². The van der Waals surface area contributed by atoms with Crippen molar-refractivity contribution in [2.75, 3.05) is 18.8 Å². The molecule has 3 heterocycles. The summed E-state index contributed by atoms with van der Waals surface area (Å²) in [4.78, 5) is 48.8. The van der Waals surface area contributed by atoms with Gasteiger partial charge in [0, 0.05) is 29.9 Å². The number of likely N-dealkylation sites (tertiary alicyclic amines) is 1. The fourth-order valence-electron chi connectivity index (χ4n) is 4.38. The van der Waals surface area contributed by atoms with E-state index in [1.165, 1.54) is 22.2 Å². The molecule has 2 amide bonds. The first kappa shape index (κ1) is 20.1. The third-order valence-corrected chi connectivity index (χ3v) is 8.34. The van der Waals surface area contributed by atoms with Crippen LogP contribution in [0.1, 0.15) is 48.4 Å². The van der Waals surface area contributed by atoms with Gasteiger partial charge < -0.3 is 15.2 Å². The van der Waals surface area contributed by atoms with Crippen LogP contribution in [0.3, 0.4) is 0 Å². The van der Waals surface area contributed by atoms with Gasteiger partial charge in [0.25, 0.3) is 5.56 Å². The Labute approximate surface area is 183 Å². The van der Waals surface area contributed by atoms with E-state index in [0.29, 0.717) is 36.5 Å². The first-order valence-corrected chi connectivity index (χ1v) is 12.7. The first-order valence-electron chi connectivity index (χ1n) is 10.8. The third-order valence-electron chi connectivity index (χ3n) is 6.23. The molecule has 2 aromatic heterocycles. The Kier molecular flexibility index (Phi) is 5.58. The van der Waals surface area contributed by atoms with Crippen LogP contribution in [0, 0.1) is 5.92 Å². The van der Waals surface area contributed by atoms with E-state index in [-0.39, 0.29) is 23.3 Å². The van der Waals surface area contributed by atoms with Crippen molar-refractivity contribution in [3.05, 3.63) is 26.6 Å². The van der Waals surface area contributed by atoms with Crippen LogP contribution < -0.4 is 10.9 Å². The maximum Gasteiger partial charge on any atom is 0.259 e. The lowest BCUT2D eigenvalue weighted by atomic mass is 9.96. The van der Waals surface area contributed by atoms with Crippen molar-refractivity contribution in [1.29, 1.82) is 0 Å². The van der Waals surface area contributed by atoms with E-state index in [9.17, 15) is 14.4 Å². The number of carbonyl (C=O) groups excluding carboxylic acids is 2. The molecular formula is C21H26N4O3S2. The molecule has 2 aromatic rings. The zero-order chi connectivity index (χ0) is 20.7. The van der Waals surface area contributed by atoms with Crippen molar-refractivity contribution in [2.24, 2.45) is 5.92 Å². The van der Waals surface area contributed by atoms with Gasteiger partial charge >= 0.3 is 0 Å². The molecule has 0 bridgehead atoms. The number of hydrogen-bond donors (Lipinski definition) is 2. The average Bonchev–Trinajstić information content (AvgIpc) is 3.31. The van der Waals surface area contributed by atoms with Crippen molar-refractivity contribution in [2.45, 2.75) is 56.7 Å². The van der Waals surface area contributed by atoms with Gasteiger partial charge in [0.2, 0.25) is 11.8 Å². The molecule has 1 aliphatic heterocycles. The molecule has 2 fully saturated rings. The number of nitrogens with zero attached hydrogens (tertiary/aromatic N) is 2. The van der Waals surface area contributed by atoms with Crippen molar-refractivity contribution in [3.63, 3.8) is 0 Å². The molecule has 0 radical (unpaired) electrons. The highest BCUT2D eigenvalue weighted by Crippen LogP contribution is 2.34. The summed E-state index contributed by atoms with van der Waals surface area (Å²) >= 11 is 3.12. The number of thiophene rings is 1. The zero-order valence-electron chi connectivity index (χ0n) is 16.9. The Morgan fingerprint density at radius 3 is 2.77 bits per heavy atom. The summed E-state index contributed by atoms with van der Waals surface area (Å²) in [7, 11) is 0. The zero-order valence-corrected chi connectivity index (χ0v) is 18.5. The molecule has 0 spiro atoms. The standard InChI is InChI=1S/C21H26N4O3S2/c26-17(25-8-6-12(7-9-25)19(27)22-13-4-5-13)11-29-10-16-23-20(28)18-14-2-1-3-15(14)30-21(18)24-16/h12-13H,1-11H2,(H,22,27)(H,23,24,28). The molecule has 7 nitrogen and oxygen atoms in total. The maximum atomic E-state index is 12.5. The van der Waals surface area contributed by atoms with Crippen LogP contribution >= 0.6 is 23.1 Å². The van der Waals surface area contributed by atoms with Gasteiger partial charge in [0.05, 0.1) is 16.9 Å². The fourth-order valence-corrected chi connectivity index (χ4v) is 6.45. The Hall–Kier alpha value is -1.87. The Bertz CT molecular complexity index is 1030. The summed E-state index contributed by atoms with van der Waals surface area (Å²) in [6, 6.07) is 0.392. The number of piperidine rings is 1. The highest BCUT2D eigenvalue weighted by atomic mass is 32.2. The second-order valence-electron chi connectivity index (χ2n) is 8.48. The minimum atomic E-state index is -0.0483. The minimum Gasteiger partial charge on any atom is -0.353 e. The SMILES string of the molecule is O=C(NC1CC1)C1CCN(C(=O)CSCc2nc3sc4c(c3c(=O)[nH]2)CCC4)CC1. The second-order valence-corrected chi connectivity index (χ2v) is 10.6. The maximum absolute atomic E-state index is 12.5. The van der Waals surface area contributed by atoms with Crippen molar-refractivity contribution in [1.82, 2.24) is 20.2 Å². The van der Waals surface area contributed by atoms with Crippen molar-refractivity contribution >= 4 is 45.1 Å². The van der Waals surface area contributed by atoms with Gasteiger partial charge in [-0.25, -0.2) is 4.98 Å². The highest BCUT2D eigenvalue weighted by molar-refractivity contribution is 7.99. The van der Waals surface area contributed by atoms with Gasteiger partial charge in [-0.2, -0.15) is 0 Å². The number of nitrogens with one attached hydrogen (secondary N) is 2. The van der Waals surface area contributed by atoms with Crippen molar-refractivity contribution in [3.8, 4) is 0 Å². The van der Waals surface area contributed by atoms with Gasteiger partial charge in [-0.3, -0.25) is 14.4 Å². The van der Waals surface area contributed by atoms with E-state index in [2.05, 4.69) is 15.3 Å². The van der Waals surface area contributed by atoms with Crippen LogP contribution in [0.4, 0.5) is 0 Å². The number of aromatic amines is 1. The second kappa shape index (κ2) is 8.34. The third kappa shape index (κ3) is 4.14. The normalized spacial score (nSPS) is 19.3. The fraction of sp³-hybridized carbons (Fsp3) is 0.619. The lowest BCUT2D eigenvalue weighted by Gasteiger charge is -2.31. The molecule has 5 rings (SSSR count). The summed E-state index contributed by atoms with van der Waals surface area (Å²) in [5.74, 6) is 1.81. The van der Waals surface area contributed by atoms with E-state index >= 15 is 0 Å². The molecular weight excluding hydrogens is 420 g/mol. The number of aromatic nitrogens is 2. The lowest BCUT2D eigenvalue weighted by molar-refractivity contribution is -0.133. The molecule has 30 heavy (non-hydrogen) atoms. The van der Waals surface area contributed by atoms with Crippen LogP contribution in [-0.4, -0.2) is 51.6 Å². The van der Waals surface area contributed by atoms with E-state index in [4.69, 9.17) is 0 Å². The molecule has 9 heteroatoms. The predicted octanol–water partition coefficient (Wildman–Crippen LogP) is 2.22. The largest absolute Gasteiger partial charge is 0.353 e. The van der Waals surface area contributed by atoms with Crippen LogP contribution in [0.15, 0.2) is 4.79 Å². The van der Waals surface area contributed by atoms with Crippen LogP contribution in [0.25, 0.3) is 10.2 Å². The van der Waals surface area contributed by atoms with E-state index in [0.717, 1.165) is 55.2 Å². The quantitative estimate of drug-likeness (QED) is 0.710. The summed E-state index contributed by atoms with van der Waals surface area (Å²) in [5.41, 5.74) is 1.14. The summed E-state index contributed by atoms with van der Waals surface area (Å²) in [6.45, 7) is 1.29. The Morgan fingerprint density at radius 2 is 2.00 bits per heavy atom. The van der Waals surface area contributed by atoms with Gasteiger partial charge in [0.1, 0.15) is 10.7 Å². The summed E-state index contributed by atoms with van der Waals surface area (Å²) in [6.07, 6.45) is 6.82. The predicted molar refractivity (Wildman–Crippen MR) is 119 cm³/mol. The van der Waals surface area contributed by atoms with Crippen molar-refractivity contribution < 1.29 is 9.59 Å². The number of H-pyrrole nitrogens is 1. The molecule has 0 aromatic carbocycles. The molecule has 2 N–H and O–H groups in total. The summed E-state index contributed by atoms with van der Waals surface area (Å²) in [5, 5.41) is 3.84. The van der Waals surface area contributed by atoms with Gasteiger partial charge in [-0.15, -0.1) is 23.1 Å². The highest BCUT2D eigenvalue weighted by Gasteiger charge is 2.31. The number of aryl methyl sites for hydroxylation is 2. The molecule has 160 valence electrons. The number of thioether (sulfide) groups is 1. The van der Waals surface area contributed by atoms with Crippen LogP contribution in [0.5, 0.6) is 0 Å². The van der Waals surface area contributed by atoms with Gasteiger partial charge in [-0.05, 0) is 50.5 Å². The molecule has 1 saturated carbocycles. The van der Waals surface area contributed by atoms with Gasteiger partial charge in [-0.1, -0.05) is 0 Å². The number of fused-ring (bicyclic) bond motifs is 3. The number of amides is 2. The number of carbonyl (C=O) groups is 2. The minimum absolute atomic E-state index is 0.0377. The smallest absolute Gasteiger partial charge is 0.259 e. The van der Waals surface area contributed by atoms with E-state index in [1.54, 1.807) is 11.3 Å². The molecule has 0 atom stereocenters. The van der Waals surface area contributed by atoms with E-state index in [1.807, 2.05) is 4.90 Å². The average molecular weight is 447 g/mol. The molecule has 3 aliphatic rings. The number of rotatable bonds is 6. The Balaban J connectivity index is 1.11. The number of hydrogen-bond acceptors (Lipinski definition) is 6. The summed E-state index contributed by atoms with van der Waals surface area (Å²) < 4.78 is 0. The topological polar surface area (TPSA) is 95.2 Å². The monoisotopic (exact) mass is 446 g/mol. The lowest BCUT2D eigenvalue weighted by Crippen LogP contribution is -2.44. The molecule has 2 aliphatic carbocycles. The molecule has 1 saturated heterocycles.